The van der Waals surface area contributed by atoms with Gasteiger partial charge in [0.25, 0.3) is 0 Å². The number of esters is 1. The van der Waals surface area contributed by atoms with Crippen molar-refractivity contribution in [1.29, 1.82) is 0 Å². The fourth-order valence-corrected chi connectivity index (χ4v) is 2.73. The summed E-state index contributed by atoms with van der Waals surface area (Å²) in [6, 6.07) is 5.65. The topological polar surface area (TPSA) is 50.4 Å². The van der Waals surface area contributed by atoms with Crippen molar-refractivity contribution in [3.63, 3.8) is 0 Å². The van der Waals surface area contributed by atoms with E-state index in [1.807, 2.05) is 13.0 Å². The third kappa shape index (κ3) is 3.62. The highest BCUT2D eigenvalue weighted by Crippen LogP contribution is 2.31. The van der Waals surface area contributed by atoms with Crippen molar-refractivity contribution in [1.82, 2.24) is 10.6 Å². The number of thiocarbonyl (C=S) groups is 1. The second-order valence-corrected chi connectivity index (χ2v) is 5.33. The summed E-state index contributed by atoms with van der Waals surface area (Å²) in [6.07, 6.45) is 2.68. The van der Waals surface area contributed by atoms with Crippen molar-refractivity contribution in [2.24, 2.45) is 5.92 Å². The zero-order valence-corrected chi connectivity index (χ0v) is 13.4. The molecule has 1 aromatic carbocycles. The van der Waals surface area contributed by atoms with Gasteiger partial charge in [-0.25, -0.2) is 4.39 Å². The van der Waals surface area contributed by atoms with Gasteiger partial charge in [0.1, 0.15) is 11.7 Å². The molecule has 0 radical (unpaired) electrons. The second-order valence-electron chi connectivity index (χ2n) is 4.93. The summed E-state index contributed by atoms with van der Waals surface area (Å²) in [5, 5.41) is 6.55. The number of hydrogen-bond acceptors (Lipinski definition) is 3. The molecule has 1 heterocycles. The summed E-state index contributed by atoms with van der Waals surface area (Å²) < 4.78 is 18.3. The monoisotopic (exact) mass is 322 g/mol. The van der Waals surface area contributed by atoms with Crippen LogP contribution in [0.15, 0.2) is 36.0 Å². The Kier molecular flexibility index (Phi) is 5.49. The molecule has 0 amide bonds. The van der Waals surface area contributed by atoms with Crippen LogP contribution in [-0.4, -0.2) is 17.7 Å². The summed E-state index contributed by atoms with van der Waals surface area (Å²) in [5.74, 6) is -1.20. The highest BCUT2D eigenvalue weighted by molar-refractivity contribution is 7.80. The van der Waals surface area contributed by atoms with Crippen LogP contribution in [0.1, 0.15) is 31.9 Å². The van der Waals surface area contributed by atoms with Crippen LogP contribution in [-0.2, 0) is 9.53 Å². The van der Waals surface area contributed by atoms with E-state index in [2.05, 4.69) is 10.6 Å². The van der Waals surface area contributed by atoms with Crippen molar-refractivity contribution in [3.05, 3.63) is 47.4 Å². The molecule has 0 saturated carbocycles. The lowest BCUT2D eigenvalue weighted by Gasteiger charge is -2.35. The van der Waals surface area contributed by atoms with Crippen molar-refractivity contribution in [2.45, 2.75) is 26.3 Å². The van der Waals surface area contributed by atoms with Gasteiger partial charge in [0.2, 0.25) is 0 Å². The number of halogens is 1. The molecule has 6 heteroatoms. The Balaban J connectivity index is 2.41. The maximum atomic E-state index is 13.1. The minimum atomic E-state index is -0.544. The molecule has 2 rings (SSSR count). The molecule has 2 atom stereocenters. The minimum Gasteiger partial charge on any atom is -0.465 e. The lowest BCUT2D eigenvalue weighted by Crippen LogP contribution is -2.51. The molecule has 4 nitrogen and oxygen atoms in total. The number of nitrogens with one attached hydrogen (secondary N) is 2. The van der Waals surface area contributed by atoms with Crippen molar-refractivity contribution in [2.75, 3.05) is 6.61 Å². The van der Waals surface area contributed by atoms with Crippen LogP contribution in [0.2, 0.25) is 0 Å². The third-order valence-electron chi connectivity index (χ3n) is 3.41. The molecule has 0 bridgehead atoms. The number of hydrogen-bond donors (Lipinski definition) is 2. The Bertz CT molecular complexity index is 586. The maximum Gasteiger partial charge on any atom is 0.317 e. The van der Waals surface area contributed by atoms with E-state index in [1.165, 1.54) is 12.1 Å². The van der Waals surface area contributed by atoms with Gasteiger partial charge in [0, 0.05) is 5.70 Å². The zero-order valence-electron chi connectivity index (χ0n) is 12.6. The van der Waals surface area contributed by atoms with E-state index in [1.54, 1.807) is 19.1 Å². The molecular weight excluding hydrogens is 303 g/mol. The average molecular weight is 322 g/mol. The van der Waals surface area contributed by atoms with Gasteiger partial charge in [0.15, 0.2) is 5.11 Å². The standard InChI is InChI=1S/C16H19FN2O2S/c1-3-5-12-13(15(20)21-4-2)14(19-16(22)18-12)10-6-8-11(17)9-7-10/h5-9,13-14H,3-4H2,1-2H3,(H2,18,19,22)/b12-5+/t13-,14+/m1/s1. The molecule has 1 aliphatic heterocycles. The zero-order chi connectivity index (χ0) is 16.1. The molecule has 1 aromatic rings. The molecule has 118 valence electrons. The molecule has 2 N–H and O–H groups in total. The molecule has 0 spiro atoms. The average Bonchev–Trinajstić information content (AvgIpc) is 2.48. The van der Waals surface area contributed by atoms with Crippen LogP contribution in [0.3, 0.4) is 0 Å². The van der Waals surface area contributed by atoms with E-state index in [0.717, 1.165) is 17.7 Å². The minimum absolute atomic E-state index is 0.301. The van der Waals surface area contributed by atoms with E-state index in [0.29, 0.717) is 11.7 Å². The quantitative estimate of drug-likeness (QED) is 0.659. The van der Waals surface area contributed by atoms with Crippen molar-refractivity contribution < 1.29 is 13.9 Å². The SMILES string of the molecule is CC/C=C1/NC(=S)N[C@@H](c2ccc(F)cc2)[C@@H]1C(=O)OCC. The highest BCUT2D eigenvalue weighted by Gasteiger charge is 2.38. The van der Waals surface area contributed by atoms with Crippen LogP contribution in [0, 0.1) is 11.7 Å². The summed E-state index contributed by atoms with van der Waals surface area (Å²) in [4.78, 5) is 12.4. The Morgan fingerprint density at radius 2 is 2.05 bits per heavy atom. The Hall–Kier alpha value is -1.95. The predicted octanol–water partition coefficient (Wildman–Crippen LogP) is 2.82. The fourth-order valence-electron chi connectivity index (χ4n) is 2.49. The van der Waals surface area contributed by atoms with E-state index < -0.39 is 5.92 Å². The van der Waals surface area contributed by atoms with Gasteiger partial charge in [-0.05, 0) is 43.3 Å². The van der Waals surface area contributed by atoms with Crippen molar-refractivity contribution >= 4 is 23.3 Å². The normalized spacial score (nSPS) is 22.9. The molecule has 22 heavy (non-hydrogen) atoms. The molecule has 0 unspecified atom stereocenters. The Labute approximate surface area is 134 Å². The largest absolute Gasteiger partial charge is 0.465 e. The Morgan fingerprint density at radius 1 is 1.36 bits per heavy atom. The number of carbonyl (C=O) groups is 1. The number of benzene rings is 1. The lowest BCUT2D eigenvalue weighted by molar-refractivity contribution is -0.147. The molecule has 0 aliphatic carbocycles. The first kappa shape index (κ1) is 16.4. The summed E-state index contributed by atoms with van der Waals surface area (Å²) >= 11 is 5.21. The fraction of sp³-hybridized carbons (Fsp3) is 0.375. The first-order valence-corrected chi connectivity index (χ1v) is 7.67. The van der Waals surface area contributed by atoms with Gasteiger partial charge < -0.3 is 15.4 Å². The number of carbonyl (C=O) groups excluding carboxylic acids is 1. The first-order chi connectivity index (χ1) is 10.6. The van der Waals surface area contributed by atoms with E-state index in [9.17, 15) is 9.18 Å². The van der Waals surface area contributed by atoms with Crippen molar-refractivity contribution in [3.8, 4) is 0 Å². The van der Waals surface area contributed by atoms with Gasteiger partial charge >= 0.3 is 5.97 Å². The van der Waals surface area contributed by atoms with Crippen LogP contribution in [0.4, 0.5) is 4.39 Å². The Morgan fingerprint density at radius 3 is 2.64 bits per heavy atom. The van der Waals surface area contributed by atoms with Gasteiger partial charge in [-0.15, -0.1) is 0 Å². The summed E-state index contributed by atoms with van der Waals surface area (Å²) in [6.45, 7) is 4.05. The number of rotatable bonds is 4. The summed E-state index contributed by atoms with van der Waals surface area (Å²) in [7, 11) is 0. The molecule has 1 fully saturated rings. The highest BCUT2D eigenvalue weighted by atomic mass is 32.1. The number of ether oxygens (including phenoxy) is 1. The van der Waals surface area contributed by atoms with Gasteiger partial charge in [-0.1, -0.05) is 25.1 Å². The van der Waals surface area contributed by atoms with E-state index in [-0.39, 0.29) is 17.8 Å². The van der Waals surface area contributed by atoms with Gasteiger partial charge in [-0.2, -0.15) is 0 Å². The molecule has 1 aliphatic rings. The van der Waals surface area contributed by atoms with Gasteiger partial charge in [-0.3, -0.25) is 4.79 Å². The van der Waals surface area contributed by atoms with Crippen LogP contribution in [0.25, 0.3) is 0 Å². The van der Waals surface area contributed by atoms with E-state index in [4.69, 9.17) is 17.0 Å². The third-order valence-corrected chi connectivity index (χ3v) is 3.63. The number of allylic oxidation sites excluding steroid dienone is 1. The van der Waals surface area contributed by atoms with Crippen LogP contribution >= 0.6 is 12.2 Å². The first-order valence-electron chi connectivity index (χ1n) is 7.26. The smallest absolute Gasteiger partial charge is 0.317 e. The maximum absolute atomic E-state index is 13.1. The van der Waals surface area contributed by atoms with Crippen LogP contribution < -0.4 is 10.6 Å². The van der Waals surface area contributed by atoms with E-state index >= 15 is 0 Å². The predicted molar refractivity (Wildman–Crippen MR) is 86.5 cm³/mol. The van der Waals surface area contributed by atoms with Gasteiger partial charge in [0.05, 0.1) is 12.6 Å². The lowest BCUT2D eigenvalue weighted by atomic mass is 9.88. The van der Waals surface area contributed by atoms with Crippen LogP contribution in [0.5, 0.6) is 0 Å². The molecule has 1 saturated heterocycles. The molecular formula is C16H19FN2O2S. The summed E-state index contributed by atoms with van der Waals surface area (Å²) in [5.41, 5.74) is 1.50. The molecule has 0 aromatic heterocycles. The second kappa shape index (κ2) is 7.35.